The fourth-order valence-corrected chi connectivity index (χ4v) is 6.66. The van der Waals surface area contributed by atoms with Gasteiger partial charge in [0.05, 0.1) is 41.1 Å². The fraction of sp³-hybridized carbons (Fsp3) is 0.240. The number of rotatable bonds is 9. The van der Waals surface area contributed by atoms with Crippen molar-refractivity contribution >= 4 is 38.3 Å². The summed E-state index contributed by atoms with van der Waals surface area (Å²) in [6.45, 7) is 1.41. The largest absolute Gasteiger partial charge is 0.497 e. The molecule has 1 atom stereocenters. The maximum atomic E-state index is 13.7. The highest BCUT2D eigenvalue weighted by Gasteiger charge is 2.45. The summed E-state index contributed by atoms with van der Waals surface area (Å²) in [4.78, 5) is 20.8. The molecule has 1 unspecified atom stereocenters. The smallest absolute Gasteiger partial charge is 0.338 e. The molecule has 0 fully saturated rings. The molecule has 38 heavy (non-hydrogen) atoms. The molecule has 1 aliphatic rings. The van der Waals surface area contributed by atoms with Crippen molar-refractivity contribution in [1.82, 2.24) is 0 Å². The highest BCUT2D eigenvalue weighted by molar-refractivity contribution is 8.06. The van der Waals surface area contributed by atoms with Crippen LogP contribution in [-0.2, 0) is 24.4 Å². The predicted molar refractivity (Wildman–Crippen MR) is 141 cm³/mol. The standard InChI is InChI=1S/C25H24N2O8S3/c1-16-4-8-19(9-5-16)37(29,30)13-12-35-24(28)17-6-11-22(34-3)23(14-17)38(31,32)25(36)26-20-10-7-18(33-2)15-21(20)27-25/h4-11,14-15,36H,12-13H2,1-3H3. The number of methoxy groups -OCH3 is 2. The summed E-state index contributed by atoms with van der Waals surface area (Å²) in [6.07, 6.45) is 0. The van der Waals surface area contributed by atoms with Gasteiger partial charge < -0.3 is 14.2 Å². The minimum absolute atomic E-state index is 0.0594. The van der Waals surface area contributed by atoms with Crippen LogP contribution in [0.15, 0.2) is 80.4 Å². The Bertz CT molecular complexity index is 1740. The van der Waals surface area contributed by atoms with Crippen molar-refractivity contribution in [2.75, 3.05) is 26.6 Å². The summed E-state index contributed by atoms with van der Waals surface area (Å²) < 4.78 is 65.6. The van der Waals surface area contributed by atoms with Gasteiger partial charge in [0, 0.05) is 6.07 Å². The zero-order valence-electron chi connectivity index (χ0n) is 20.6. The molecule has 1 heterocycles. The summed E-state index contributed by atoms with van der Waals surface area (Å²) in [5.74, 6) is -0.951. The van der Waals surface area contributed by atoms with Gasteiger partial charge >= 0.3 is 10.3 Å². The number of fused-ring (bicyclic) bond motifs is 1. The third kappa shape index (κ3) is 5.26. The van der Waals surface area contributed by atoms with Gasteiger partial charge in [0.1, 0.15) is 23.0 Å². The minimum atomic E-state index is -4.45. The number of carbonyl (C=O) groups is 1. The lowest BCUT2D eigenvalue weighted by Crippen LogP contribution is -2.29. The van der Waals surface area contributed by atoms with Crippen LogP contribution in [-0.4, -0.2) is 53.7 Å². The molecule has 0 spiro atoms. The summed E-state index contributed by atoms with van der Waals surface area (Å²) in [5.41, 5.74) is 0.775. The van der Waals surface area contributed by atoms with Gasteiger partial charge in [0.25, 0.3) is 0 Å². The highest BCUT2D eigenvalue weighted by Crippen LogP contribution is 2.37. The highest BCUT2D eigenvalue weighted by atomic mass is 32.2. The molecule has 10 nitrogen and oxygen atoms in total. The number of benzene rings is 3. The van der Waals surface area contributed by atoms with Crippen LogP contribution in [0.3, 0.4) is 0 Å². The predicted octanol–water partition coefficient (Wildman–Crippen LogP) is 1.91. The number of carbonyl (C=O) groups excluding carboxylic acids is 1. The lowest BCUT2D eigenvalue weighted by molar-refractivity contribution is 0.0529. The van der Waals surface area contributed by atoms with Crippen molar-refractivity contribution in [2.45, 2.75) is 21.0 Å². The molecule has 0 saturated carbocycles. The van der Waals surface area contributed by atoms with Crippen LogP contribution in [0.25, 0.3) is 0 Å². The van der Waals surface area contributed by atoms with Gasteiger partial charge in [-0.2, -0.15) is 0 Å². The minimum Gasteiger partial charge on any atom is -0.497 e. The first-order chi connectivity index (χ1) is 17.9. The molecule has 13 heteroatoms. The van der Waals surface area contributed by atoms with E-state index in [1.165, 1.54) is 44.6 Å². The van der Waals surface area contributed by atoms with Gasteiger partial charge in [-0.15, -0.1) is 12.6 Å². The summed E-state index contributed by atoms with van der Waals surface area (Å²) >= 11 is 4.28. The Hall–Kier alpha value is -3.42. The molecule has 0 amide bonds. The third-order valence-corrected chi connectivity index (χ3v) is 10.1. The van der Waals surface area contributed by atoms with Crippen LogP contribution in [0.2, 0.25) is 0 Å². The number of nitrogens with zero attached hydrogens (tertiary/aromatic N) is 2. The Morgan fingerprint density at radius 3 is 2.24 bits per heavy atom. The topological polar surface area (TPSA) is 138 Å². The third-order valence-electron chi connectivity index (χ3n) is 5.73. The molecule has 0 bridgehead atoms. The second-order valence-corrected chi connectivity index (χ2v) is 13.3. The van der Waals surface area contributed by atoms with Gasteiger partial charge in [-0.1, -0.05) is 17.7 Å². The Morgan fingerprint density at radius 1 is 0.895 bits per heavy atom. The summed E-state index contributed by atoms with van der Waals surface area (Å²) in [7, 11) is -5.39. The van der Waals surface area contributed by atoms with E-state index >= 15 is 0 Å². The van der Waals surface area contributed by atoms with Gasteiger partial charge in [-0.05, 0) is 49.4 Å². The Labute approximate surface area is 225 Å². The number of sulfone groups is 2. The van der Waals surface area contributed by atoms with E-state index in [4.69, 9.17) is 14.2 Å². The van der Waals surface area contributed by atoms with Crippen molar-refractivity contribution in [3.8, 4) is 11.5 Å². The SMILES string of the molecule is COc1ccc2c(c1)=NC(S)(S(=O)(=O)c1cc(C(=O)OCCS(=O)(=O)c3ccc(C)cc3)ccc1OC)N=2. The molecule has 0 N–H and O–H groups in total. The summed E-state index contributed by atoms with van der Waals surface area (Å²) in [5, 5.41) is 0.570. The van der Waals surface area contributed by atoms with Crippen LogP contribution >= 0.6 is 12.6 Å². The van der Waals surface area contributed by atoms with Crippen LogP contribution in [0.4, 0.5) is 0 Å². The lowest BCUT2D eigenvalue weighted by Gasteiger charge is -2.19. The number of ether oxygens (including phenoxy) is 3. The maximum absolute atomic E-state index is 13.7. The zero-order chi connectivity index (χ0) is 27.7. The Kier molecular flexibility index (Phi) is 7.55. The number of hydrogen-bond acceptors (Lipinski definition) is 11. The van der Waals surface area contributed by atoms with E-state index in [-0.39, 0.29) is 26.5 Å². The van der Waals surface area contributed by atoms with Crippen molar-refractivity contribution in [1.29, 1.82) is 0 Å². The van der Waals surface area contributed by atoms with E-state index in [1.54, 1.807) is 24.3 Å². The van der Waals surface area contributed by atoms with E-state index in [9.17, 15) is 21.6 Å². The van der Waals surface area contributed by atoms with Gasteiger partial charge in [-0.25, -0.2) is 31.6 Å². The molecular weight excluding hydrogens is 552 g/mol. The molecule has 3 aromatic rings. The Balaban J connectivity index is 1.58. The van der Waals surface area contributed by atoms with E-state index in [0.717, 1.165) is 11.6 Å². The molecule has 0 saturated heterocycles. The molecule has 0 aliphatic carbocycles. The number of hydrogen-bond donors (Lipinski definition) is 1. The summed E-state index contributed by atoms with van der Waals surface area (Å²) in [6, 6.07) is 14.7. The van der Waals surface area contributed by atoms with E-state index in [1.807, 2.05) is 6.92 Å². The van der Waals surface area contributed by atoms with Crippen molar-refractivity contribution in [3.63, 3.8) is 0 Å². The average molecular weight is 577 g/mol. The van der Waals surface area contributed by atoms with E-state index in [0.29, 0.717) is 11.1 Å². The number of esters is 1. The second kappa shape index (κ2) is 10.4. The lowest BCUT2D eigenvalue weighted by atomic mass is 10.2. The number of thiol groups is 1. The zero-order valence-corrected chi connectivity index (χ0v) is 23.1. The van der Waals surface area contributed by atoms with Crippen molar-refractivity contribution in [3.05, 3.63) is 82.5 Å². The van der Waals surface area contributed by atoms with Crippen molar-refractivity contribution in [2.24, 2.45) is 9.98 Å². The molecule has 4 rings (SSSR count). The molecule has 0 aromatic heterocycles. The van der Waals surface area contributed by atoms with Gasteiger partial charge in [-0.3, -0.25) is 0 Å². The first kappa shape index (κ1) is 27.6. The van der Waals surface area contributed by atoms with Crippen LogP contribution in [0, 0.1) is 6.92 Å². The Morgan fingerprint density at radius 2 is 1.58 bits per heavy atom. The maximum Gasteiger partial charge on any atom is 0.338 e. The monoisotopic (exact) mass is 576 g/mol. The molecule has 3 aromatic carbocycles. The van der Waals surface area contributed by atoms with Gasteiger partial charge in [0.15, 0.2) is 9.84 Å². The first-order valence-electron chi connectivity index (χ1n) is 11.2. The number of aryl methyl sites for hydroxylation is 1. The average Bonchev–Trinajstić information content (AvgIpc) is 3.25. The molecule has 200 valence electrons. The quantitative estimate of drug-likeness (QED) is 0.301. The molecule has 0 radical (unpaired) electrons. The first-order valence-corrected chi connectivity index (χ1v) is 14.7. The van der Waals surface area contributed by atoms with E-state index < -0.39 is 42.3 Å². The van der Waals surface area contributed by atoms with Crippen LogP contribution in [0.1, 0.15) is 15.9 Å². The second-order valence-electron chi connectivity index (χ2n) is 8.29. The van der Waals surface area contributed by atoms with E-state index in [2.05, 4.69) is 22.6 Å². The fourth-order valence-electron chi connectivity index (χ4n) is 3.63. The molecular formula is C25H24N2O8S3. The van der Waals surface area contributed by atoms with Crippen molar-refractivity contribution < 1.29 is 35.8 Å². The normalized spacial score (nSPS) is 16.6. The van der Waals surface area contributed by atoms with Crippen LogP contribution < -0.4 is 20.2 Å². The van der Waals surface area contributed by atoms with Crippen LogP contribution in [0.5, 0.6) is 11.5 Å². The molecule has 1 aliphatic heterocycles. The van der Waals surface area contributed by atoms with Gasteiger partial charge in [0.2, 0.25) is 9.84 Å².